The first kappa shape index (κ1) is 15.4. The van der Waals surface area contributed by atoms with E-state index < -0.39 is 0 Å². The van der Waals surface area contributed by atoms with E-state index in [0.29, 0.717) is 17.9 Å². The molecule has 5 nitrogen and oxygen atoms in total. The number of nitrogens with one attached hydrogen (secondary N) is 1. The number of nitrogens with two attached hydrogens (primary N) is 1. The lowest BCUT2D eigenvalue weighted by molar-refractivity contribution is -0.123. The maximum Gasteiger partial charge on any atom is 0.258 e. The van der Waals surface area contributed by atoms with E-state index in [0.717, 1.165) is 9.88 Å². The Bertz CT molecular complexity index is 655. The summed E-state index contributed by atoms with van der Waals surface area (Å²) in [7, 11) is 0. The summed E-state index contributed by atoms with van der Waals surface area (Å²) in [5.41, 5.74) is 6.23. The van der Waals surface area contributed by atoms with Crippen molar-refractivity contribution < 1.29 is 9.53 Å². The van der Waals surface area contributed by atoms with E-state index >= 15 is 0 Å². The molecule has 0 radical (unpaired) electrons. The molecule has 1 aromatic carbocycles. The summed E-state index contributed by atoms with van der Waals surface area (Å²) >= 11 is 6.49. The largest absolute Gasteiger partial charge is 0.483 e. The Kier molecular flexibility index (Phi) is 5.24. The Morgan fingerprint density at radius 3 is 2.90 bits per heavy atom. The van der Waals surface area contributed by atoms with Crippen molar-refractivity contribution in [1.29, 1.82) is 0 Å². The molecule has 1 aromatic heterocycles. The lowest BCUT2D eigenvalue weighted by atomic mass is 10.2. The van der Waals surface area contributed by atoms with Crippen molar-refractivity contribution in [3.05, 3.63) is 45.9 Å². The summed E-state index contributed by atoms with van der Waals surface area (Å²) in [5.74, 6) is 0.299. The summed E-state index contributed by atoms with van der Waals surface area (Å²) in [6.45, 7) is 2.29. The third-order valence-corrected chi connectivity index (χ3v) is 3.77. The second kappa shape index (κ2) is 7.14. The van der Waals surface area contributed by atoms with Gasteiger partial charge in [-0.25, -0.2) is 4.98 Å². The zero-order valence-corrected chi connectivity index (χ0v) is 13.1. The predicted octanol–water partition coefficient (Wildman–Crippen LogP) is 1.78. The van der Waals surface area contributed by atoms with Crippen LogP contribution >= 0.6 is 23.6 Å². The fourth-order valence-corrected chi connectivity index (χ4v) is 2.57. The van der Waals surface area contributed by atoms with Gasteiger partial charge in [0.15, 0.2) is 6.61 Å². The van der Waals surface area contributed by atoms with Crippen LogP contribution < -0.4 is 15.8 Å². The molecule has 0 atom stereocenters. The SMILES string of the molecule is Cc1ncc(CNC(=O)COc2ccccc2C(N)=S)s1. The summed E-state index contributed by atoms with van der Waals surface area (Å²) in [6.07, 6.45) is 1.75. The zero-order valence-electron chi connectivity index (χ0n) is 11.5. The molecule has 7 heteroatoms. The van der Waals surface area contributed by atoms with Crippen molar-refractivity contribution in [2.45, 2.75) is 13.5 Å². The van der Waals surface area contributed by atoms with Gasteiger partial charge in [-0.15, -0.1) is 11.3 Å². The number of ether oxygens (including phenoxy) is 1. The van der Waals surface area contributed by atoms with E-state index in [1.54, 1.807) is 35.7 Å². The maximum atomic E-state index is 11.8. The molecule has 0 saturated heterocycles. The molecular weight excluding hydrogens is 306 g/mol. The highest BCUT2D eigenvalue weighted by Gasteiger charge is 2.08. The van der Waals surface area contributed by atoms with Gasteiger partial charge < -0.3 is 15.8 Å². The van der Waals surface area contributed by atoms with Crippen molar-refractivity contribution in [3.8, 4) is 5.75 Å². The van der Waals surface area contributed by atoms with Crippen molar-refractivity contribution >= 4 is 34.5 Å². The van der Waals surface area contributed by atoms with E-state index in [-0.39, 0.29) is 17.5 Å². The van der Waals surface area contributed by atoms with Crippen LogP contribution in [0.25, 0.3) is 0 Å². The fourth-order valence-electron chi connectivity index (χ4n) is 1.66. The molecule has 1 amide bonds. The third-order valence-electron chi connectivity index (χ3n) is 2.64. The number of para-hydroxylation sites is 1. The van der Waals surface area contributed by atoms with Gasteiger partial charge in [-0.3, -0.25) is 4.79 Å². The summed E-state index contributed by atoms with van der Waals surface area (Å²) in [6, 6.07) is 7.10. The summed E-state index contributed by atoms with van der Waals surface area (Å²) < 4.78 is 5.46. The van der Waals surface area contributed by atoms with Gasteiger partial charge in [-0.2, -0.15) is 0 Å². The smallest absolute Gasteiger partial charge is 0.258 e. The minimum atomic E-state index is -0.209. The van der Waals surface area contributed by atoms with Gasteiger partial charge in [0.2, 0.25) is 0 Å². The first-order valence-corrected chi connectivity index (χ1v) is 7.48. The van der Waals surface area contributed by atoms with Crippen molar-refractivity contribution in [1.82, 2.24) is 10.3 Å². The number of rotatable bonds is 6. The Hall–Kier alpha value is -1.99. The minimum absolute atomic E-state index is 0.0859. The van der Waals surface area contributed by atoms with Crippen LogP contribution in [0.3, 0.4) is 0 Å². The van der Waals surface area contributed by atoms with Gasteiger partial charge in [0.25, 0.3) is 5.91 Å². The van der Waals surface area contributed by atoms with E-state index in [9.17, 15) is 4.79 Å². The number of benzene rings is 1. The molecule has 2 rings (SSSR count). The minimum Gasteiger partial charge on any atom is -0.483 e. The number of hydrogen-bond acceptors (Lipinski definition) is 5. The number of aryl methyl sites for hydroxylation is 1. The van der Waals surface area contributed by atoms with Crippen molar-refractivity contribution in [2.24, 2.45) is 5.73 Å². The molecule has 0 aliphatic carbocycles. The number of nitrogens with zero attached hydrogens (tertiary/aromatic N) is 1. The van der Waals surface area contributed by atoms with Gasteiger partial charge in [0.05, 0.1) is 17.1 Å². The van der Waals surface area contributed by atoms with Crippen LogP contribution in [-0.4, -0.2) is 22.5 Å². The van der Waals surface area contributed by atoms with Crippen LogP contribution in [0.5, 0.6) is 5.75 Å². The number of carbonyl (C=O) groups is 1. The Labute approximate surface area is 132 Å². The summed E-state index contributed by atoms with van der Waals surface area (Å²) in [5, 5.41) is 3.75. The molecule has 2 aromatic rings. The standard InChI is InChI=1S/C14H15N3O2S2/c1-9-16-6-10(21-9)7-17-13(18)8-19-12-5-3-2-4-11(12)14(15)20/h2-6H,7-8H2,1H3,(H2,15,20)(H,17,18). The highest BCUT2D eigenvalue weighted by atomic mass is 32.1. The van der Waals surface area contributed by atoms with E-state index in [2.05, 4.69) is 10.3 Å². The molecule has 21 heavy (non-hydrogen) atoms. The van der Waals surface area contributed by atoms with Gasteiger partial charge >= 0.3 is 0 Å². The average Bonchev–Trinajstić information content (AvgIpc) is 2.88. The monoisotopic (exact) mass is 321 g/mol. The lowest BCUT2D eigenvalue weighted by Gasteiger charge is -2.10. The van der Waals surface area contributed by atoms with E-state index in [1.807, 2.05) is 13.0 Å². The van der Waals surface area contributed by atoms with Gasteiger partial charge in [-0.05, 0) is 19.1 Å². The van der Waals surface area contributed by atoms with Crippen LogP contribution in [-0.2, 0) is 11.3 Å². The second-order valence-corrected chi connectivity index (χ2v) is 6.03. The molecule has 0 bridgehead atoms. The number of aromatic nitrogens is 1. The molecule has 3 N–H and O–H groups in total. The van der Waals surface area contributed by atoms with Gasteiger partial charge in [0, 0.05) is 11.1 Å². The fraction of sp³-hybridized carbons (Fsp3) is 0.214. The average molecular weight is 321 g/mol. The predicted molar refractivity (Wildman–Crippen MR) is 86.5 cm³/mol. The Morgan fingerprint density at radius 1 is 1.48 bits per heavy atom. The molecule has 0 unspecified atom stereocenters. The number of thiocarbonyl (C=S) groups is 1. The van der Waals surface area contributed by atoms with Crippen LogP contribution in [0.4, 0.5) is 0 Å². The van der Waals surface area contributed by atoms with Gasteiger partial charge in [0.1, 0.15) is 10.7 Å². The lowest BCUT2D eigenvalue weighted by Crippen LogP contribution is -2.28. The van der Waals surface area contributed by atoms with Gasteiger partial charge in [-0.1, -0.05) is 24.4 Å². The topological polar surface area (TPSA) is 77.2 Å². The molecule has 0 spiro atoms. The molecule has 0 saturated carbocycles. The summed E-state index contributed by atoms with van der Waals surface area (Å²) in [4.78, 5) is 17.1. The Morgan fingerprint density at radius 2 is 2.24 bits per heavy atom. The van der Waals surface area contributed by atoms with Crippen molar-refractivity contribution in [2.75, 3.05) is 6.61 Å². The van der Waals surface area contributed by atoms with Crippen LogP contribution in [0.2, 0.25) is 0 Å². The molecule has 110 valence electrons. The Balaban J connectivity index is 1.85. The highest BCUT2D eigenvalue weighted by Crippen LogP contribution is 2.17. The van der Waals surface area contributed by atoms with E-state index in [1.165, 1.54) is 0 Å². The molecule has 0 aliphatic heterocycles. The first-order valence-electron chi connectivity index (χ1n) is 6.26. The third kappa shape index (κ3) is 4.51. The molecule has 1 heterocycles. The number of amides is 1. The maximum absolute atomic E-state index is 11.8. The quantitative estimate of drug-likeness (QED) is 0.793. The number of hydrogen-bond donors (Lipinski definition) is 2. The highest BCUT2D eigenvalue weighted by molar-refractivity contribution is 7.80. The second-order valence-electron chi connectivity index (χ2n) is 4.27. The van der Waals surface area contributed by atoms with Crippen molar-refractivity contribution in [3.63, 3.8) is 0 Å². The molecule has 0 fully saturated rings. The molecule has 0 aliphatic rings. The molecular formula is C14H15N3O2S2. The first-order chi connectivity index (χ1) is 10.1. The van der Waals surface area contributed by atoms with Crippen LogP contribution in [0.1, 0.15) is 15.4 Å². The number of carbonyl (C=O) groups excluding carboxylic acids is 1. The normalized spacial score (nSPS) is 10.1. The van der Waals surface area contributed by atoms with Crippen LogP contribution in [0, 0.1) is 6.92 Å². The number of thiazole rings is 1. The van der Waals surface area contributed by atoms with Crippen LogP contribution in [0.15, 0.2) is 30.5 Å². The zero-order chi connectivity index (χ0) is 15.2. The van der Waals surface area contributed by atoms with E-state index in [4.69, 9.17) is 22.7 Å².